The summed E-state index contributed by atoms with van der Waals surface area (Å²) in [5, 5.41) is 21.7. The predicted octanol–water partition coefficient (Wildman–Crippen LogP) is 7.40. The van der Waals surface area contributed by atoms with Crippen LogP contribution in [0.15, 0.2) is 24.3 Å². The highest BCUT2D eigenvalue weighted by molar-refractivity contribution is 5.58. The molecule has 0 amide bonds. The Morgan fingerprint density at radius 2 is 1.03 bits per heavy atom. The van der Waals surface area contributed by atoms with Crippen molar-refractivity contribution < 1.29 is 29.2 Å². The first kappa shape index (κ1) is 28.5. The summed E-state index contributed by atoms with van der Waals surface area (Å²) in [7, 11) is 0. The van der Waals surface area contributed by atoms with Crippen molar-refractivity contribution in [2.45, 2.75) is 85.5 Å². The van der Waals surface area contributed by atoms with E-state index >= 15 is 0 Å². The Morgan fingerprint density at radius 3 is 1.51 bits per heavy atom. The first-order chi connectivity index (χ1) is 17.0. The number of aromatic hydroxyl groups is 2. The smallest absolute Gasteiger partial charge is 0.201 e. The highest BCUT2D eigenvalue weighted by atomic mass is 16.5. The van der Waals surface area contributed by atoms with E-state index in [1.165, 1.54) is 0 Å². The zero-order valence-corrected chi connectivity index (χ0v) is 22.0. The molecule has 0 heterocycles. The van der Waals surface area contributed by atoms with Gasteiger partial charge < -0.3 is 29.2 Å². The van der Waals surface area contributed by atoms with E-state index in [-0.39, 0.29) is 11.5 Å². The van der Waals surface area contributed by atoms with Crippen LogP contribution in [0.4, 0.5) is 0 Å². The number of hydrogen-bond donors (Lipinski definition) is 2. The molecule has 0 atom stereocenters. The van der Waals surface area contributed by atoms with E-state index in [1.54, 1.807) is 6.07 Å². The number of benzene rings is 2. The van der Waals surface area contributed by atoms with Gasteiger partial charge in [0.2, 0.25) is 11.5 Å². The molecule has 0 unspecified atom stereocenters. The predicted molar refractivity (Wildman–Crippen MR) is 141 cm³/mol. The van der Waals surface area contributed by atoms with Gasteiger partial charge in [-0.05, 0) is 49.4 Å². The van der Waals surface area contributed by atoms with Gasteiger partial charge in [0.25, 0.3) is 0 Å². The molecule has 0 aliphatic rings. The first-order valence-electron chi connectivity index (χ1n) is 13.3. The minimum atomic E-state index is 0.0305. The van der Waals surface area contributed by atoms with E-state index in [4.69, 9.17) is 18.9 Å². The fourth-order valence-electron chi connectivity index (χ4n) is 3.49. The minimum absolute atomic E-state index is 0.0305. The number of phenols is 2. The van der Waals surface area contributed by atoms with Crippen molar-refractivity contribution in [1.29, 1.82) is 0 Å². The van der Waals surface area contributed by atoms with E-state index < -0.39 is 0 Å². The van der Waals surface area contributed by atoms with Gasteiger partial charge in [0.1, 0.15) is 0 Å². The second kappa shape index (κ2) is 16.0. The maximum atomic E-state index is 10.9. The molecule has 6 heteroatoms. The van der Waals surface area contributed by atoms with Gasteiger partial charge in [-0.25, -0.2) is 0 Å². The standard InChI is InChI=1S/C29H44O6/c1-5-9-15-32-24-14-13-23(29(28(24)31)35-18-12-8-4)19-22-20-25(33-16-10-6-2)27(30)26(21-22)34-17-11-7-3/h13-14,20-21,30-31H,5-12,15-19H2,1-4H3. The van der Waals surface area contributed by atoms with Crippen LogP contribution in [0.5, 0.6) is 34.5 Å². The Balaban J connectivity index is 2.37. The molecule has 196 valence electrons. The van der Waals surface area contributed by atoms with Crippen molar-refractivity contribution >= 4 is 0 Å². The quantitative estimate of drug-likeness (QED) is 0.213. The summed E-state index contributed by atoms with van der Waals surface area (Å²) in [6.07, 6.45) is 8.12. The lowest BCUT2D eigenvalue weighted by molar-refractivity contribution is 0.265. The van der Waals surface area contributed by atoms with E-state index in [0.717, 1.165) is 62.5 Å². The molecule has 35 heavy (non-hydrogen) atoms. The average Bonchev–Trinajstić information content (AvgIpc) is 2.85. The molecular weight excluding hydrogens is 444 g/mol. The number of ether oxygens (including phenoxy) is 4. The van der Waals surface area contributed by atoms with E-state index in [1.807, 2.05) is 18.2 Å². The molecule has 0 aliphatic carbocycles. The van der Waals surface area contributed by atoms with Gasteiger partial charge in [-0.3, -0.25) is 0 Å². The molecule has 0 bridgehead atoms. The monoisotopic (exact) mass is 488 g/mol. The highest BCUT2D eigenvalue weighted by Gasteiger charge is 2.19. The van der Waals surface area contributed by atoms with Crippen molar-refractivity contribution in [1.82, 2.24) is 0 Å². The average molecular weight is 489 g/mol. The second-order valence-electron chi connectivity index (χ2n) is 8.83. The molecule has 6 nitrogen and oxygen atoms in total. The van der Waals surface area contributed by atoms with Gasteiger partial charge in [-0.15, -0.1) is 0 Å². The second-order valence-corrected chi connectivity index (χ2v) is 8.83. The van der Waals surface area contributed by atoms with E-state index in [2.05, 4.69) is 27.7 Å². The molecule has 2 N–H and O–H groups in total. The topological polar surface area (TPSA) is 77.4 Å². The molecule has 2 aromatic carbocycles. The van der Waals surface area contributed by atoms with Crippen LogP contribution >= 0.6 is 0 Å². The molecule has 2 rings (SSSR count). The fourth-order valence-corrected chi connectivity index (χ4v) is 3.49. The van der Waals surface area contributed by atoms with Gasteiger partial charge in [-0.2, -0.15) is 0 Å². The lowest BCUT2D eigenvalue weighted by Gasteiger charge is -2.18. The Labute approximate surface area is 211 Å². The highest BCUT2D eigenvalue weighted by Crippen LogP contribution is 2.42. The zero-order valence-electron chi connectivity index (χ0n) is 22.0. The van der Waals surface area contributed by atoms with Crippen LogP contribution in [0.1, 0.15) is 90.2 Å². The molecule has 0 fully saturated rings. The molecular formula is C29H44O6. The molecule has 0 aliphatic heterocycles. The Morgan fingerprint density at radius 1 is 0.571 bits per heavy atom. The van der Waals surface area contributed by atoms with Gasteiger partial charge in [-0.1, -0.05) is 59.4 Å². The van der Waals surface area contributed by atoms with Gasteiger partial charge in [0.15, 0.2) is 23.0 Å². The van der Waals surface area contributed by atoms with Crippen LogP contribution < -0.4 is 18.9 Å². The molecule has 0 saturated heterocycles. The summed E-state index contributed by atoms with van der Waals surface area (Å²) in [5.74, 6) is 1.78. The number of hydrogen-bond acceptors (Lipinski definition) is 6. The van der Waals surface area contributed by atoms with Crippen LogP contribution in [-0.2, 0) is 6.42 Å². The lowest BCUT2D eigenvalue weighted by Crippen LogP contribution is -2.05. The van der Waals surface area contributed by atoms with Crippen molar-refractivity contribution in [2.75, 3.05) is 26.4 Å². The van der Waals surface area contributed by atoms with Gasteiger partial charge in [0.05, 0.1) is 26.4 Å². The number of phenolic OH excluding ortho intramolecular Hbond substituents is 2. The third-order valence-electron chi connectivity index (χ3n) is 5.68. The van der Waals surface area contributed by atoms with Crippen LogP contribution in [0.2, 0.25) is 0 Å². The number of unbranched alkanes of at least 4 members (excludes halogenated alkanes) is 4. The first-order valence-corrected chi connectivity index (χ1v) is 13.3. The third kappa shape index (κ3) is 9.08. The molecule has 0 aromatic heterocycles. The van der Waals surface area contributed by atoms with Crippen LogP contribution in [-0.4, -0.2) is 36.6 Å². The molecule has 2 aromatic rings. The fraction of sp³-hybridized carbons (Fsp3) is 0.586. The summed E-state index contributed by atoms with van der Waals surface area (Å²) >= 11 is 0. The summed E-state index contributed by atoms with van der Waals surface area (Å²) in [5.41, 5.74) is 1.74. The third-order valence-corrected chi connectivity index (χ3v) is 5.68. The van der Waals surface area contributed by atoms with Crippen LogP contribution in [0.25, 0.3) is 0 Å². The summed E-state index contributed by atoms with van der Waals surface area (Å²) in [6, 6.07) is 7.42. The van der Waals surface area contributed by atoms with Gasteiger partial charge in [0, 0.05) is 12.0 Å². The number of rotatable bonds is 18. The van der Waals surface area contributed by atoms with Crippen molar-refractivity contribution in [3.05, 3.63) is 35.4 Å². The largest absolute Gasteiger partial charge is 0.502 e. The van der Waals surface area contributed by atoms with Crippen molar-refractivity contribution in [3.63, 3.8) is 0 Å². The Bertz CT molecular complexity index is 849. The summed E-state index contributed by atoms with van der Waals surface area (Å²) in [6.45, 7) is 10.5. The normalized spacial score (nSPS) is 10.9. The molecule has 0 spiro atoms. The van der Waals surface area contributed by atoms with Crippen molar-refractivity contribution in [3.8, 4) is 34.5 Å². The minimum Gasteiger partial charge on any atom is -0.502 e. The SMILES string of the molecule is CCCCOc1cc(Cc2ccc(OCCCC)c(O)c2OCCCC)cc(OCCCC)c1O. The summed E-state index contributed by atoms with van der Waals surface area (Å²) in [4.78, 5) is 0. The van der Waals surface area contributed by atoms with Gasteiger partial charge >= 0.3 is 0 Å². The maximum absolute atomic E-state index is 10.9. The zero-order chi connectivity index (χ0) is 25.5. The Kier molecular flexibility index (Phi) is 13.0. The van der Waals surface area contributed by atoms with Crippen LogP contribution in [0, 0.1) is 0 Å². The van der Waals surface area contributed by atoms with Crippen molar-refractivity contribution in [2.24, 2.45) is 0 Å². The lowest BCUT2D eigenvalue weighted by atomic mass is 10.0. The molecule has 0 radical (unpaired) electrons. The van der Waals surface area contributed by atoms with E-state index in [0.29, 0.717) is 55.8 Å². The van der Waals surface area contributed by atoms with Crippen LogP contribution in [0.3, 0.4) is 0 Å². The Hall–Kier alpha value is -2.76. The summed E-state index contributed by atoms with van der Waals surface area (Å²) < 4.78 is 23.6. The van der Waals surface area contributed by atoms with E-state index in [9.17, 15) is 10.2 Å². The molecule has 0 saturated carbocycles. The maximum Gasteiger partial charge on any atom is 0.201 e.